The lowest BCUT2D eigenvalue weighted by Gasteiger charge is -2.13. The number of para-hydroxylation sites is 1. The van der Waals surface area contributed by atoms with Gasteiger partial charge < -0.3 is 10.1 Å². The van der Waals surface area contributed by atoms with Crippen molar-refractivity contribution in [1.29, 1.82) is 0 Å². The smallest absolute Gasteiger partial charge is 0.338 e. The molecule has 1 aromatic heterocycles. The van der Waals surface area contributed by atoms with Gasteiger partial charge in [0.25, 0.3) is 5.91 Å². The second kappa shape index (κ2) is 7.35. The largest absolute Gasteiger partial charge is 0.449 e. The number of tetrazole rings is 1. The lowest BCUT2D eigenvalue weighted by atomic mass is 10.2. The van der Waals surface area contributed by atoms with Crippen LogP contribution in [0.5, 0.6) is 0 Å². The third-order valence-electron chi connectivity index (χ3n) is 3.41. The summed E-state index contributed by atoms with van der Waals surface area (Å²) in [7, 11) is 0. The van der Waals surface area contributed by atoms with Gasteiger partial charge in [0.2, 0.25) is 0 Å². The molecule has 25 heavy (non-hydrogen) atoms. The van der Waals surface area contributed by atoms with Crippen molar-refractivity contribution in [2.75, 3.05) is 5.32 Å². The van der Waals surface area contributed by atoms with Crippen LogP contribution in [0.2, 0.25) is 0 Å². The predicted molar refractivity (Wildman–Crippen MR) is 89.1 cm³/mol. The van der Waals surface area contributed by atoms with Crippen LogP contribution < -0.4 is 5.32 Å². The van der Waals surface area contributed by atoms with Gasteiger partial charge in [-0.3, -0.25) is 4.79 Å². The summed E-state index contributed by atoms with van der Waals surface area (Å²) in [5.74, 6) is -0.983. The number of nitrogens with one attached hydrogen (secondary N) is 1. The van der Waals surface area contributed by atoms with E-state index in [1.165, 1.54) is 17.9 Å². The summed E-state index contributed by atoms with van der Waals surface area (Å²) < 4.78 is 6.67. The molecule has 1 N–H and O–H groups in total. The second-order valence-electron chi connectivity index (χ2n) is 5.20. The Kier molecular flexibility index (Phi) is 4.79. The Morgan fingerprint density at radius 1 is 1.08 bits per heavy atom. The summed E-state index contributed by atoms with van der Waals surface area (Å²) in [5.41, 5.74) is 1.67. The van der Waals surface area contributed by atoms with E-state index in [-0.39, 0.29) is 0 Å². The molecule has 126 valence electrons. The van der Waals surface area contributed by atoms with Gasteiger partial charge in [-0.2, -0.15) is 0 Å². The molecule has 3 rings (SSSR count). The molecule has 1 heterocycles. The summed E-state index contributed by atoms with van der Waals surface area (Å²) in [6.45, 7) is 1.52. The molecular weight excluding hydrogens is 322 g/mol. The number of anilines is 1. The quantitative estimate of drug-likeness (QED) is 0.713. The van der Waals surface area contributed by atoms with E-state index in [0.717, 1.165) is 0 Å². The van der Waals surface area contributed by atoms with Crippen molar-refractivity contribution in [2.24, 2.45) is 0 Å². The Hall–Kier alpha value is -3.55. The summed E-state index contributed by atoms with van der Waals surface area (Å²) in [4.78, 5) is 24.2. The van der Waals surface area contributed by atoms with E-state index in [1.54, 1.807) is 48.5 Å². The van der Waals surface area contributed by atoms with Crippen molar-refractivity contribution in [1.82, 2.24) is 20.2 Å². The first-order valence-corrected chi connectivity index (χ1v) is 7.54. The molecule has 8 nitrogen and oxygen atoms in total. The molecule has 0 aliphatic rings. The average Bonchev–Trinajstić information content (AvgIpc) is 3.17. The van der Waals surface area contributed by atoms with Gasteiger partial charge in [0, 0.05) is 5.69 Å². The van der Waals surface area contributed by atoms with E-state index in [9.17, 15) is 9.59 Å². The molecule has 0 aliphatic carbocycles. The van der Waals surface area contributed by atoms with Crippen LogP contribution in [0.4, 0.5) is 5.69 Å². The van der Waals surface area contributed by atoms with Crippen molar-refractivity contribution < 1.29 is 14.3 Å². The third kappa shape index (κ3) is 4.05. The van der Waals surface area contributed by atoms with Gasteiger partial charge in [0.1, 0.15) is 6.33 Å². The average molecular weight is 337 g/mol. The minimum Gasteiger partial charge on any atom is -0.449 e. The van der Waals surface area contributed by atoms with E-state index in [4.69, 9.17) is 4.74 Å². The van der Waals surface area contributed by atoms with E-state index in [2.05, 4.69) is 20.8 Å². The first-order chi connectivity index (χ1) is 12.1. The summed E-state index contributed by atoms with van der Waals surface area (Å²) in [6, 6.07) is 15.5. The highest BCUT2D eigenvalue weighted by Crippen LogP contribution is 2.11. The minimum absolute atomic E-state index is 0.330. The van der Waals surface area contributed by atoms with E-state index in [1.807, 2.05) is 6.07 Å². The van der Waals surface area contributed by atoms with Crippen LogP contribution >= 0.6 is 0 Å². The fraction of sp³-hybridized carbons (Fsp3) is 0.118. The summed E-state index contributed by atoms with van der Waals surface area (Å²) in [5, 5.41) is 13.5. The van der Waals surface area contributed by atoms with Gasteiger partial charge in [-0.1, -0.05) is 18.2 Å². The lowest BCUT2D eigenvalue weighted by Crippen LogP contribution is -2.29. The molecule has 1 amide bonds. The van der Waals surface area contributed by atoms with Crippen molar-refractivity contribution in [3.63, 3.8) is 0 Å². The van der Waals surface area contributed by atoms with Crippen LogP contribution in [-0.4, -0.2) is 38.2 Å². The van der Waals surface area contributed by atoms with Crippen LogP contribution in [0.1, 0.15) is 17.3 Å². The van der Waals surface area contributed by atoms with Crippen LogP contribution in [0.15, 0.2) is 60.9 Å². The number of ether oxygens (including phenoxy) is 1. The molecule has 0 bridgehead atoms. The van der Waals surface area contributed by atoms with Gasteiger partial charge in [-0.15, -0.1) is 5.10 Å². The normalized spacial score (nSPS) is 11.6. The molecule has 0 spiro atoms. The standard InChI is InChI=1S/C17H15N5O3/c1-12(16(23)19-14-5-3-2-4-6-14)25-17(24)13-7-9-15(10-8-13)22-11-18-20-21-22/h2-12H,1H3,(H,19,23)/t12-/m1/s1. The number of carbonyl (C=O) groups is 2. The fourth-order valence-corrected chi connectivity index (χ4v) is 2.08. The summed E-state index contributed by atoms with van der Waals surface area (Å²) in [6.07, 6.45) is 0.524. The van der Waals surface area contributed by atoms with Gasteiger partial charge in [0.15, 0.2) is 6.10 Å². The highest BCUT2D eigenvalue weighted by Gasteiger charge is 2.19. The van der Waals surface area contributed by atoms with Crippen molar-refractivity contribution >= 4 is 17.6 Å². The molecule has 8 heteroatoms. The Morgan fingerprint density at radius 2 is 1.80 bits per heavy atom. The third-order valence-corrected chi connectivity index (χ3v) is 3.41. The summed E-state index contributed by atoms with van der Waals surface area (Å²) >= 11 is 0. The maximum atomic E-state index is 12.2. The number of carbonyl (C=O) groups excluding carboxylic acids is 2. The Bertz CT molecular complexity index is 848. The highest BCUT2D eigenvalue weighted by molar-refractivity contribution is 5.97. The van der Waals surface area contributed by atoms with Crippen LogP contribution in [-0.2, 0) is 9.53 Å². The van der Waals surface area contributed by atoms with Gasteiger partial charge in [0.05, 0.1) is 11.3 Å². The van der Waals surface area contributed by atoms with Gasteiger partial charge >= 0.3 is 5.97 Å². The SMILES string of the molecule is C[C@@H](OC(=O)c1ccc(-n2cnnn2)cc1)C(=O)Nc1ccccc1. The Morgan fingerprint density at radius 3 is 2.44 bits per heavy atom. The molecule has 0 saturated carbocycles. The number of benzene rings is 2. The first kappa shape index (κ1) is 16.3. The second-order valence-corrected chi connectivity index (χ2v) is 5.20. The molecular formula is C17H15N5O3. The minimum atomic E-state index is -0.924. The van der Waals surface area contributed by atoms with E-state index >= 15 is 0 Å². The molecule has 0 unspecified atom stereocenters. The topological polar surface area (TPSA) is 99.0 Å². The van der Waals surface area contributed by atoms with E-state index in [0.29, 0.717) is 16.9 Å². The molecule has 1 atom stereocenters. The molecule has 0 aliphatic heterocycles. The van der Waals surface area contributed by atoms with Crippen molar-refractivity contribution in [2.45, 2.75) is 13.0 Å². The van der Waals surface area contributed by atoms with Gasteiger partial charge in [-0.05, 0) is 53.7 Å². The number of rotatable bonds is 5. The van der Waals surface area contributed by atoms with Crippen molar-refractivity contribution in [3.05, 3.63) is 66.5 Å². The maximum Gasteiger partial charge on any atom is 0.338 e. The monoisotopic (exact) mass is 337 g/mol. The number of esters is 1. The number of amides is 1. The van der Waals surface area contributed by atoms with Crippen LogP contribution in [0.25, 0.3) is 5.69 Å². The molecule has 0 saturated heterocycles. The van der Waals surface area contributed by atoms with Crippen LogP contribution in [0, 0.1) is 0 Å². The first-order valence-electron chi connectivity index (χ1n) is 7.54. The number of hydrogen-bond acceptors (Lipinski definition) is 6. The number of hydrogen-bond donors (Lipinski definition) is 1. The predicted octanol–water partition coefficient (Wildman–Crippen LogP) is 1.85. The molecule has 2 aromatic carbocycles. The Labute approximate surface area is 143 Å². The highest BCUT2D eigenvalue weighted by atomic mass is 16.5. The Balaban J connectivity index is 1.60. The zero-order valence-electron chi connectivity index (χ0n) is 13.4. The van der Waals surface area contributed by atoms with Crippen LogP contribution in [0.3, 0.4) is 0 Å². The van der Waals surface area contributed by atoms with E-state index < -0.39 is 18.0 Å². The zero-order valence-corrected chi connectivity index (χ0v) is 13.4. The molecule has 0 radical (unpaired) electrons. The molecule has 3 aromatic rings. The number of aromatic nitrogens is 4. The lowest BCUT2D eigenvalue weighted by molar-refractivity contribution is -0.123. The molecule has 0 fully saturated rings. The maximum absolute atomic E-state index is 12.2. The van der Waals surface area contributed by atoms with Crippen molar-refractivity contribution in [3.8, 4) is 5.69 Å². The number of nitrogens with zero attached hydrogens (tertiary/aromatic N) is 4. The fourth-order valence-electron chi connectivity index (χ4n) is 2.08. The zero-order chi connectivity index (χ0) is 17.6. The van der Waals surface area contributed by atoms with Gasteiger partial charge in [-0.25, -0.2) is 9.48 Å².